The molecule has 0 spiro atoms. The van der Waals surface area contributed by atoms with Crippen molar-refractivity contribution in [2.75, 3.05) is 12.3 Å². The second kappa shape index (κ2) is 13.7. The lowest BCUT2D eigenvalue weighted by molar-refractivity contribution is -0.139. The predicted octanol–water partition coefficient (Wildman–Crippen LogP) is 5.53. The zero-order chi connectivity index (χ0) is 25.0. The first kappa shape index (κ1) is 26.5. The third-order valence-electron chi connectivity index (χ3n) is 5.70. The Morgan fingerprint density at radius 2 is 1.69 bits per heavy atom. The molecule has 0 fully saturated rings. The van der Waals surface area contributed by atoms with Gasteiger partial charge >= 0.3 is 0 Å². The number of amides is 2. The number of rotatable bonds is 12. The number of thioether (sulfide) groups is 1. The van der Waals surface area contributed by atoms with Crippen molar-refractivity contribution in [1.29, 1.82) is 0 Å². The molecule has 0 aromatic heterocycles. The summed E-state index contributed by atoms with van der Waals surface area (Å²) in [6.45, 7) is 4.90. The molecule has 1 atom stereocenters. The second-order valence-corrected chi connectivity index (χ2v) is 9.58. The summed E-state index contributed by atoms with van der Waals surface area (Å²) in [4.78, 5) is 28.5. The van der Waals surface area contributed by atoms with Crippen LogP contribution in [0.2, 0.25) is 0 Å². The van der Waals surface area contributed by atoms with E-state index in [1.165, 1.54) is 17.8 Å². The monoisotopic (exact) mass is 492 g/mol. The van der Waals surface area contributed by atoms with Crippen molar-refractivity contribution >= 4 is 23.6 Å². The van der Waals surface area contributed by atoms with Gasteiger partial charge in [-0.3, -0.25) is 9.59 Å². The molecule has 4 nitrogen and oxygen atoms in total. The van der Waals surface area contributed by atoms with Crippen LogP contribution >= 0.6 is 11.8 Å². The van der Waals surface area contributed by atoms with Crippen molar-refractivity contribution in [3.8, 4) is 0 Å². The highest BCUT2D eigenvalue weighted by Crippen LogP contribution is 2.20. The van der Waals surface area contributed by atoms with Gasteiger partial charge in [0.2, 0.25) is 11.8 Å². The second-order valence-electron chi connectivity index (χ2n) is 8.59. The maximum Gasteiger partial charge on any atom is 0.243 e. The first-order chi connectivity index (χ1) is 17.0. The number of hydrogen-bond donors (Lipinski definition) is 1. The SMILES string of the molecule is CCCNC(=O)[C@@H](Cc1ccccc1)N(Cc1cccc(C)c1)C(=O)CSCc1ccccc1F. The van der Waals surface area contributed by atoms with Gasteiger partial charge in [0.1, 0.15) is 11.9 Å². The molecular weight excluding hydrogens is 459 g/mol. The van der Waals surface area contributed by atoms with Crippen LogP contribution in [0.5, 0.6) is 0 Å². The number of aryl methyl sites for hydroxylation is 1. The van der Waals surface area contributed by atoms with Crippen molar-refractivity contribution < 1.29 is 14.0 Å². The molecule has 0 aliphatic carbocycles. The molecule has 0 saturated carbocycles. The summed E-state index contributed by atoms with van der Waals surface area (Å²) in [6, 6.07) is 23.7. The molecule has 0 heterocycles. The summed E-state index contributed by atoms with van der Waals surface area (Å²) in [6.07, 6.45) is 1.24. The largest absolute Gasteiger partial charge is 0.354 e. The highest BCUT2D eigenvalue weighted by molar-refractivity contribution is 7.99. The molecule has 1 N–H and O–H groups in total. The number of halogens is 1. The van der Waals surface area contributed by atoms with Crippen molar-refractivity contribution in [3.05, 3.63) is 107 Å². The molecule has 184 valence electrons. The molecule has 3 aromatic carbocycles. The fourth-order valence-corrected chi connectivity index (χ4v) is 4.77. The molecular formula is C29H33FN2O2S. The highest BCUT2D eigenvalue weighted by atomic mass is 32.2. The Bertz CT molecular complexity index is 1110. The fourth-order valence-electron chi connectivity index (χ4n) is 3.87. The van der Waals surface area contributed by atoms with E-state index in [0.717, 1.165) is 23.1 Å². The molecule has 0 aliphatic rings. The van der Waals surface area contributed by atoms with E-state index in [-0.39, 0.29) is 23.4 Å². The normalized spacial score (nSPS) is 11.6. The minimum atomic E-state index is -0.647. The summed E-state index contributed by atoms with van der Waals surface area (Å²) in [5.41, 5.74) is 3.62. The average Bonchev–Trinajstić information content (AvgIpc) is 2.86. The number of nitrogens with one attached hydrogen (secondary N) is 1. The molecule has 2 amide bonds. The molecule has 0 aliphatic heterocycles. The summed E-state index contributed by atoms with van der Waals surface area (Å²) >= 11 is 1.36. The summed E-state index contributed by atoms with van der Waals surface area (Å²) in [7, 11) is 0. The van der Waals surface area contributed by atoms with Crippen LogP contribution < -0.4 is 5.32 Å². The van der Waals surface area contributed by atoms with E-state index in [1.54, 1.807) is 23.1 Å². The first-order valence-corrected chi connectivity index (χ1v) is 13.1. The van der Waals surface area contributed by atoms with Gasteiger partial charge in [0, 0.05) is 25.3 Å². The van der Waals surface area contributed by atoms with Crippen molar-refractivity contribution in [1.82, 2.24) is 10.2 Å². The molecule has 35 heavy (non-hydrogen) atoms. The summed E-state index contributed by atoms with van der Waals surface area (Å²) < 4.78 is 14.0. The van der Waals surface area contributed by atoms with E-state index >= 15 is 0 Å². The van der Waals surface area contributed by atoms with E-state index in [1.807, 2.05) is 68.4 Å². The van der Waals surface area contributed by atoms with Crippen LogP contribution in [0.25, 0.3) is 0 Å². The lowest BCUT2D eigenvalue weighted by Crippen LogP contribution is -2.51. The van der Waals surface area contributed by atoms with Gasteiger partial charge in [0.25, 0.3) is 0 Å². The summed E-state index contributed by atoms with van der Waals surface area (Å²) in [5.74, 6) is -0.0182. The Kier molecular flexibility index (Phi) is 10.4. The van der Waals surface area contributed by atoms with Crippen molar-refractivity contribution in [2.24, 2.45) is 0 Å². The van der Waals surface area contributed by atoms with Gasteiger partial charge in [-0.2, -0.15) is 0 Å². The molecule has 0 saturated heterocycles. The van der Waals surface area contributed by atoms with Crippen molar-refractivity contribution in [2.45, 2.75) is 45.0 Å². The molecule has 3 aromatic rings. The number of carbonyl (C=O) groups excluding carboxylic acids is 2. The van der Waals surface area contributed by atoms with Gasteiger partial charge in [-0.1, -0.05) is 85.3 Å². The topological polar surface area (TPSA) is 49.4 Å². The van der Waals surface area contributed by atoms with Crippen LogP contribution in [-0.2, 0) is 28.3 Å². The zero-order valence-corrected chi connectivity index (χ0v) is 21.2. The van der Waals surface area contributed by atoms with Crippen molar-refractivity contribution in [3.63, 3.8) is 0 Å². The quantitative estimate of drug-likeness (QED) is 0.362. The summed E-state index contributed by atoms with van der Waals surface area (Å²) in [5, 5.41) is 2.99. The van der Waals surface area contributed by atoms with E-state index in [2.05, 4.69) is 5.32 Å². The first-order valence-electron chi connectivity index (χ1n) is 12.0. The third kappa shape index (κ3) is 8.25. The van der Waals surface area contributed by atoms with Crippen LogP contribution in [0.1, 0.15) is 35.6 Å². The highest BCUT2D eigenvalue weighted by Gasteiger charge is 2.30. The Hall–Kier alpha value is -3.12. The fraction of sp³-hybridized carbons (Fsp3) is 0.310. The van der Waals surface area contributed by atoms with Gasteiger partial charge in [0.15, 0.2) is 0 Å². The Balaban J connectivity index is 1.84. The molecule has 0 bridgehead atoms. The number of carbonyl (C=O) groups is 2. The number of hydrogen-bond acceptors (Lipinski definition) is 3. The van der Waals surface area contributed by atoms with Crippen LogP contribution in [0.4, 0.5) is 4.39 Å². The van der Waals surface area contributed by atoms with Gasteiger partial charge in [-0.15, -0.1) is 11.8 Å². The van der Waals surface area contributed by atoms with Gasteiger partial charge in [0.05, 0.1) is 5.75 Å². The van der Waals surface area contributed by atoms with Gasteiger partial charge in [-0.05, 0) is 36.1 Å². The average molecular weight is 493 g/mol. The molecule has 6 heteroatoms. The number of benzene rings is 3. The molecule has 0 radical (unpaired) electrons. The van der Waals surface area contributed by atoms with Gasteiger partial charge < -0.3 is 10.2 Å². The number of nitrogens with zero attached hydrogens (tertiary/aromatic N) is 1. The van der Waals surface area contributed by atoms with E-state index in [9.17, 15) is 14.0 Å². The lowest BCUT2D eigenvalue weighted by Gasteiger charge is -2.31. The van der Waals surface area contributed by atoms with Crippen LogP contribution in [0.3, 0.4) is 0 Å². The Labute approximate surface area is 211 Å². The minimum Gasteiger partial charge on any atom is -0.354 e. The predicted molar refractivity (Wildman–Crippen MR) is 142 cm³/mol. The van der Waals surface area contributed by atoms with Crippen LogP contribution in [0, 0.1) is 12.7 Å². The van der Waals surface area contributed by atoms with Crippen LogP contribution in [0.15, 0.2) is 78.9 Å². The Morgan fingerprint density at radius 3 is 2.40 bits per heavy atom. The third-order valence-corrected chi connectivity index (χ3v) is 6.66. The lowest BCUT2D eigenvalue weighted by atomic mass is 10.0. The minimum absolute atomic E-state index is 0.138. The van der Waals surface area contributed by atoms with Crippen LogP contribution in [-0.4, -0.2) is 35.1 Å². The standard InChI is InChI=1S/C29H33FN2O2S/c1-3-16-31-29(34)27(18-23-11-5-4-6-12-23)32(19-24-13-9-10-22(2)17-24)28(33)21-35-20-25-14-7-8-15-26(25)30/h4-15,17,27H,3,16,18-21H2,1-2H3,(H,31,34)/t27-/m1/s1. The van der Waals surface area contributed by atoms with Gasteiger partial charge in [-0.25, -0.2) is 4.39 Å². The Morgan fingerprint density at radius 1 is 0.971 bits per heavy atom. The maximum absolute atomic E-state index is 14.0. The van der Waals surface area contributed by atoms with E-state index in [4.69, 9.17) is 0 Å². The van der Waals surface area contributed by atoms with E-state index in [0.29, 0.717) is 30.8 Å². The smallest absolute Gasteiger partial charge is 0.243 e. The molecule has 0 unspecified atom stereocenters. The zero-order valence-electron chi connectivity index (χ0n) is 20.4. The maximum atomic E-state index is 14.0. The van der Waals surface area contributed by atoms with E-state index < -0.39 is 6.04 Å². The molecule has 3 rings (SSSR count).